The monoisotopic (exact) mass is 272 g/mol. The molecule has 0 aromatic rings. The maximum Gasteiger partial charge on any atom is 0.317 e. The number of amides is 2. The number of aliphatic hydroxyl groups is 1. The zero-order chi connectivity index (χ0) is 14.3. The quantitative estimate of drug-likeness (QED) is 0.674. The summed E-state index contributed by atoms with van der Waals surface area (Å²) in [6.45, 7) is 2.80. The van der Waals surface area contributed by atoms with E-state index in [1.807, 2.05) is 6.92 Å². The van der Waals surface area contributed by atoms with Crippen LogP contribution in [0.15, 0.2) is 0 Å². The highest BCUT2D eigenvalue weighted by Gasteiger charge is 2.23. The van der Waals surface area contributed by atoms with Crippen molar-refractivity contribution in [3.8, 4) is 0 Å². The number of carboxylic acids is 1. The number of aliphatic carboxylic acids is 1. The van der Waals surface area contributed by atoms with Gasteiger partial charge in [-0.1, -0.05) is 0 Å². The van der Waals surface area contributed by atoms with E-state index in [2.05, 4.69) is 5.32 Å². The van der Waals surface area contributed by atoms with Gasteiger partial charge in [0, 0.05) is 25.7 Å². The smallest absolute Gasteiger partial charge is 0.317 e. The van der Waals surface area contributed by atoms with Gasteiger partial charge in [0.2, 0.25) is 0 Å². The second kappa shape index (κ2) is 7.99. The van der Waals surface area contributed by atoms with Gasteiger partial charge in [0.1, 0.15) is 0 Å². The first-order valence-corrected chi connectivity index (χ1v) is 6.94. The molecule has 6 nitrogen and oxygen atoms in total. The largest absolute Gasteiger partial charge is 0.481 e. The van der Waals surface area contributed by atoms with E-state index >= 15 is 0 Å². The minimum absolute atomic E-state index is 0.0293. The first-order valence-electron chi connectivity index (χ1n) is 6.94. The highest BCUT2D eigenvalue weighted by Crippen LogP contribution is 2.23. The Labute approximate surface area is 113 Å². The number of nitrogens with one attached hydrogen (secondary N) is 1. The number of carbonyl (C=O) groups is 2. The fourth-order valence-electron chi connectivity index (χ4n) is 2.39. The van der Waals surface area contributed by atoms with Gasteiger partial charge in [0.05, 0.1) is 6.42 Å². The number of hydrogen-bond donors (Lipinski definition) is 3. The van der Waals surface area contributed by atoms with Crippen molar-refractivity contribution in [2.24, 2.45) is 5.92 Å². The Hall–Kier alpha value is -1.30. The normalized spacial score (nSPS) is 22.8. The average Bonchev–Trinajstić information content (AvgIpc) is 2.40. The van der Waals surface area contributed by atoms with E-state index in [9.17, 15) is 9.59 Å². The van der Waals surface area contributed by atoms with Gasteiger partial charge >= 0.3 is 12.0 Å². The van der Waals surface area contributed by atoms with E-state index in [0.29, 0.717) is 12.5 Å². The Morgan fingerprint density at radius 1 is 1.26 bits per heavy atom. The molecule has 1 aliphatic rings. The maximum absolute atomic E-state index is 12.0. The standard InChI is InChI=1S/C13H24N2O4/c1-2-15(8-7-12(17)18)13(19)14-11-5-3-10(9-16)4-6-11/h10-11,16H,2-9H2,1H3,(H,14,19)(H,17,18). The van der Waals surface area contributed by atoms with Crippen molar-refractivity contribution in [2.45, 2.75) is 45.1 Å². The maximum atomic E-state index is 12.0. The molecule has 0 aromatic heterocycles. The second-order valence-electron chi connectivity index (χ2n) is 5.07. The number of aliphatic hydroxyl groups excluding tert-OH is 1. The summed E-state index contributed by atoms with van der Waals surface area (Å²) >= 11 is 0. The van der Waals surface area contributed by atoms with E-state index in [-0.39, 0.29) is 31.6 Å². The molecule has 0 spiro atoms. The van der Waals surface area contributed by atoms with Crippen LogP contribution in [-0.2, 0) is 4.79 Å². The van der Waals surface area contributed by atoms with Crippen molar-refractivity contribution in [2.75, 3.05) is 19.7 Å². The lowest BCUT2D eigenvalue weighted by Crippen LogP contribution is -2.46. The van der Waals surface area contributed by atoms with Crippen molar-refractivity contribution in [1.82, 2.24) is 10.2 Å². The number of carboxylic acid groups (broad SMARTS) is 1. The number of hydrogen-bond acceptors (Lipinski definition) is 3. The number of nitrogens with zero attached hydrogens (tertiary/aromatic N) is 1. The van der Waals surface area contributed by atoms with Crippen LogP contribution in [0.4, 0.5) is 4.79 Å². The predicted octanol–water partition coefficient (Wildman–Crippen LogP) is 1.04. The molecule has 0 aliphatic heterocycles. The van der Waals surface area contributed by atoms with Gasteiger partial charge in [0.25, 0.3) is 0 Å². The molecule has 0 heterocycles. The second-order valence-corrected chi connectivity index (χ2v) is 5.07. The minimum atomic E-state index is -0.894. The molecule has 6 heteroatoms. The Morgan fingerprint density at radius 2 is 1.89 bits per heavy atom. The zero-order valence-electron chi connectivity index (χ0n) is 11.5. The summed E-state index contributed by atoms with van der Waals surface area (Å²) in [7, 11) is 0. The van der Waals surface area contributed by atoms with Crippen LogP contribution in [0, 0.1) is 5.92 Å². The zero-order valence-corrected chi connectivity index (χ0v) is 11.5. The van der Waals surface area contributed by atoms with Crippen molar-refractivity contribution in [1.29, 1.82) is 0 Å². The molecule has 3 N–H and O–H groups in total. The Morgan fingerprint density at radius 3 is 2.37 bits per heavy atom. The topological polar surface area (TPSA) is 89.9 Å². The van der Waals surface area contributed by atoms with Crippen LogP contribution in [0.5, 0.6) is 0 Å². The highest BCUT2D eigenvalue weighted by atomic mass is 16.4. The van der Waals surface area contributed by atoms with E-state index in [4.69, 9.17) is 10.2 Å². The lowest BCUT2D eigenvalue weighted by molar-refractivity contribution is -0.137. The summed E-state index contributed by atoms with van der Waals surface area (Å²) < 4.78 is 0. The summed E-state index contributed by atoms with van der Waals surface area (Å²) in [6, 6.07) is -0.0367. The van der Waals surface area contributed by atoms with Gasteiger partial charge in [-0.3, -0.25) is 4.79 Å². The molecule has 1 saturated carbocycles. The lowest BCUT2D eigenvalue weighted by atomic mass is 9.87. The summed E-state index contributed by atoms with van der Waals surface area (Å²) in [5.74, 6) is -0.530. The molecule has 1 fully saturated rings. The molecule has 19 heavy (non-hydrogen) atoms. The van der Waals surface area contributed by atoms with Gasteiger partial charge in [-0.15, -0.1) is 0 Å². The fraction of sp³-hybridized carbons (Fsp3) is 0.846. The molecule has 1 rings (SSSR count). The third kappa shape index (κ3) is 5.46. The Kier molecular flexibility index (Phi) is 6.62. The molecule has 110 valence electrons. The van der Waals surface area contributed by atoms with Crippen LogP contribution in [0.2, 0.25) is 0 Å². The highest BCUT2D eigenvalue weighted by molar-refractivity contribution is 5.75. The lowest BCUT2D eigenvalue weighted by Gasteiger charge is -2.30. The first kappa shape index (κ1) is 15.8. The van der Waals surface area contributed by atoms with Crippen LogP contribution in [-0.4, -0.2) is 52.9 Å². The van der Waals surface area contributed by atoms with Crippen molar-refractivity contribution in [3.05, 3.63) is 0 Å². The minimum Gasteiger partial charge on any atom is -0.481 e. The number of urea groups is 1. The van der Waals surface area contributed by atoms with Crippen molar-refractivity contribution >= 4 is 12.0 Å². The van der Waals surface area contributed by atoms with Gasteiger partial charge in [-0.2, -0.15) is 0 Å². The third-order valence-electron chi connectivity index (χ3n) is 3.70. The molecular weight excluding hydrogens is 248 g/mol. The Balaban J connectivity index is 2.34. The number of carbonyl (C=O) groups excluding carboxylic acids is 1. The molecule has 0 aromatic carbocycles. The summed E-state index contributed by atoms with van der Waals surface area (Å²) in [6.07, 6.45) is 3.60. The molecule has 0 saturated heterocycles. The van der Waals surface area contributed by atoms with E-state index in [0.717, 1.165) is 25.7 Å². The molecule has 0 unspecified atom stereocenters. The van der Waals surface area contributed by atoms with Crippen LogP contribution in [0.25, 0.3) is 0 Å². The van der Waals surface area contributed by atoms with Crippen LogP contribution in [0.3, 0.4) is 0 Å². The van der Waals surface area contributed by atoms with Crippen LogP contribution < -0.4 is 5.32 Å². The number of rotatable bonds is 6. The molecule has 0 radical (unpaired) electrons. The van der Waals surface area contributed by atoms with Crippen molar-refractivity contribution in [3.63, 3.8) is 0 Å². The first-order chi connectivity index (χ1) is 9.06. The van der Waals surface area contributed by atoms with Gasteiger partial charge < -0.3 is 20.4 Å². The third-order valence-corrected chi connectivity index (χ3v) is 3.70. The van der Waals surface area contributed by atoms with E-state index < -0.39 is 5.97 Å². The van der Waals surface area contributed by atoms with Crippen molar-refractivity contribution < 1.29 is 19.8 Å². The summed E-state index contributed by atoms with van der Waals surface area (Å²) in [5.41, 5.74) is 0. The van der Waals surface area contributed by atoms with E-state index in [1.54, 1.807) is 0 Å². The molecular formula is C13H24N2O4. The van der Waals surface area contributed by atoms with Gasteiger partial charge in [-0.25, -0.2) is 4.79 Å². The Bertz CT molecular complexity index is 301. The van der Waals surface area contributed by atoms with Crippen LogP contribution in [0.1, 0.15) is 39.0 Å². The average molecular weight is 272 g/mol. The van der Waals surface area contributed by atoms with E-state index in [1.165, 1.54) is 4.90 Å². The summed E-state index contributed by atoms with van der Waals surface area (Å²) in [5, 5.41) is 20.6. The summed E-state index contributed by atoms with van der Waals surface area (Å²) in [4.78, 5) is 24.0. The van der Waals surface area contributed by atoms with Gasteiger partial charge in [0.15, 0.2) is 0 Å². The van der Waals surface area contributed by atoms with Gasteiger partial charge in [-0.05, 0) is 38.5 Å². The fourth-order valence-corrected chi connectivity index (χ4v) is 2.39. The molecule has 2 amide bonds. The molecule has 1 aliphatic carbocycles. The van der Waals surface area contributed by atoms with Crippen LogP contribution >= 0.6 is 0 Å². The molecule has 0 bridgehead atoms. The molecule has 0 atom stereocenters. The SMILES string of the molecule is CCN(CCC(=O)O)C(=O)NC1CCC(CO)CC1. The predicted molar refractivity (Wildman–Crippen MR) is 70.9 cm³/mol.